The van der Waals surface area contributed by atoms with Crippen molar-refractivity contribution in [2.75, 3.05) is 20.3 Å². The molecule has 1 aromatic heterocycles. The quantitative estimate of drug-likeness (QED) is 0.753. The molecule has 1 aliphatic carbocycles. The van der Waals surface area contributed by atoms with Crippen LogP contribution in [0.15, 0.2) is 6.07 Å². The first-order valence-corrected chi connectivity index (χ1v) is 7.50. The topological polar surface area (TPSA) is 21.3 Å². The van der Waals surface area contributed by atoms with E-state index in [9.17, 15) is 0 Å². The highest BCUT2D eigenvalue weighted by atomic mass is 32.1. The third-order valence-corrected chi connectivity index (χ3v) is 4.75. The molecule has 0 amide bonds. The summed E-state index contributed by atoms with van der Waals surface area (Å²) in [7, 11) is 1.78. The Bertz CT molecular complexity index is 326. The molecule has 17 heavy (non-hydrogen) atoms. The molecule has 0 bridgehead atoms. The van der Waals surface area contributed by atoms with Crippen molar-refractivity contribution < 1.29 is 4.74 Å². The molecule has 1 atom stereocenters. The van der Waals surface area contributed by atoms with Crippen LogP contribution in [0.25, 0.3) is 0 Å². The Kier molecular flexibility index (Phi) is 5.01. The summed E-state index contributed by atoms with van der Waals surface area (Å²) < 4.78 is 5.14. The number of rotatable bonds is 7. The fraction of sp³-hybridized carbons (Fsp3) is 0.714. The van der Waals surface area contributed by atoms with Crippen LogP contribution >= 0.6 is 11.3 Å². The second-order valence-electron chi connectivity index (χ2n) is 4.70. The molecule has 1 unspecified atom stereocenters. The van der Waals surface area contributed by atoms with Gasteiger partial charge < -0.3 is 10.1 Å². The maximum atomic E-state index is 5.14. The predicted molar refractivity (Wildman–Crippen MR) is 73.9 cm³/mol. The SMILES string of the molecule is CCNC(CCCOC)c1cc2c(s1)CCC2. The zero-order chi connectivity index (χ0) is 12.1. The summed E-state index contributed by atoms with van der Waals surface area (Å²) >= 11 is 2.02. The van der Waals surface area contributed by atoms with E-state index < -0.39 is 0 Å². The highest BCUT2D eigenvalue weighted by molar-refractivity contribution is 7.12. The Morgan fingerprint density at radius 1 is 1.47 bits per heavy atom. The minimum atomic E-state index is 0.533. The van der Waals surface area contributed by atoms with Crippen molar-refractivity contribution in [3.05, 3.63) is 21.4 Å². The van der Waals surface area contributed by atoms with E-state index in [1.54, 1.807) is 17.6 Å². The molecular weight excluding hydrogens is 230 g/mol. The molecule has 1 N–H and O–H groups in total. The van der Waals surface area contributed by atoms with Crippen LogP contribution in [0.3, 0.4) is 0 Å². The van der Waals surface area contributed by atoms with Crippen LogP contribution < -0.4 is 5.32 Å². The van der Waals surface area contributed by atoms with Gasteiger partial charge in [-0.2, -0.15) is 0 Å². The van der Waals surface area contributed by atoms with Gasteiger partial charge in [0.15, 0.2) is 0 Å². The van der Waals surface area contributed by atoms with Gasteiger partial charge in [-0.3, -0.25) is 0 Å². The molecule has 0 aliphatic heterocycles. The summed E-state index contributed by atoms with van der Waals surface area (Å²) in [6.45, 7) is 4.10. The normalized spacial score (nSPS) is 16.1. The fourth-order valence-corrected chi connectivity index (χ4v) is 3.91. The molecular formula is C14H23NOS. The predicted octanol–water partition coefficient (Wildman–Crippen LogP) is 3.31. The Hall–Kier alpha value is -0.380. The maximum absolute atomic E-state index is 5.14. The van der Waals surface area contributed by atoms with E-state index in [0.717, 1.165) is 19.6 Å². The fourth-order valence-electron chi connectivity index (χ4n) is 2.55. The molecule has 3 heteroatoms. The lowest BCUT2D eigenvalue weighted by Gasteiger charge is -2.16. The van der Waals surface area contributed by atoms with E-state index in [4.69, 9.17) is 4.74 Å². The number of ether oxygens (including phenoxy) is 1. The monoisotopic (exact) mass is 253 g/mol. The van der Waals surface area contributed by atoms with E-state index in [0.29, 0.717) is 6.04 Å². The summed E-state index contributed by atoms with van der Waals surface area (Å²) in [5.41, 5.74) is 1.61. The van der Waals surface area contributed by atoms with Gasteiger partial charge in [-0.1, -0.05) is 6.92 Å². The second-order valence-corrected chi connectivity index (χ2v) is 5.86. The zero-order valence-electron chi connectivity index (χ0n) is 10.9. The first-order valence-electron chi connectivity index (χ1n) is 6.69. The van der Waals surface area contributed by atoms with Crippen molar-refractivity contribution in [3.63, 3.8) is 0 Å². The maximum Gasteiger partial charge on any atom is 0.0462 e. The van der Waals surface area contributed by atoms with Crippen molar-refractivity contribution in [2.45, 2.75) is 45.1 Å². The summed E-state index contributed by atoms with van der Waals surface area (Å²) in [5.74, 6) is 0. The lowest BCUT2D eigenvalue weighted by molar-refractivity contribution is 0.189. The Morgan fingerprint density at radius 2 is 2.35 bits per heavy atom. The van der Waals surface area contributed by atoms with Gasteiger partial charge in [0.25, 0.3) is 0 Å². The van der Waals surface area contributed by atoms with Gasteiger partial charge in [0, 0.05) is 29.5 Å². The first-order chi connectivity index (χ1) is 8.35. The van der Waals surface area contributed by atoms with Crippen molar-refractivity contribution in [1.29, 1.82) is 0 Å². The number of nitrogens with one attached hydrogen (secondary N) is 1. The number of hydrogen-bond donors (Lipinski definition) is 1. The highest BCUT2D eigenvalue weighted by Crippen LogP contribution is 2.35. The van der Waals surface area contributed by atoms with Crippen LogP contribution in [0.1, 0.15) is 47.5 Å². The lowest BCUT2D eigenvalue weighted by atomic mass is 10.1. The number of methoxy groups -OCH3 is 1. The summed E-state index contributed by atoms with van der Waals surface area (Å²) in [6.07, 6.45) is 6.27. The third-order valence-electron chi connectivity index (χ3n) is 3.40. The first kappa shape index (κ1) is 13.1. The number of fused-ring (bicyclic) bond motifs is 1. The van der Waals surface area contributed by atoms with E-state index >= 15 is 0 Å². The minimum Gasteiger partial charge on any atom is -0.385 e. The van der Waals surface area contributed by atoms with Crippen LogP contribution in [0, 0.1) is 0 Å². The number of hydrogen-bond acceptors (Lipinski definition) is 3. The van der Waals surface area contributed by atoms with Crippen LogP contribution in [0.2, 0.25) is 0 Å². The Morgan fingerprint density at radius 3 is 3.06 bits per heavy atom. The van der Waals surface area contributed by atoms with Gasteiger partial charge in [0.2, 0.25) is 0 Å². The number of aryl methyl sites for hydroxylation is 2. The van der Waals surface area contributed by atoms with Crippen LogP contribution in [0.5, 0.6) is 0 Å². The van der Waals surface area contributed by atoms with Crippen LogP contribution in [-0.2, 0) is 17.6 Å². The summed E-state index contributed by atoms with van der Waals surface area (Å²) in [4.78, 5) is 3.17. The number of thiophene rings is 1. The van der Waals surface area contributed by atoms with Gasteiger partial charge in [-0.15, -0.1) is 11.3 Å². The molecule has 96 valence electrons. The zero-order valence-corrected chi connectivity index (χ0v) is 11.7. The molecule has 0 saturated heterocycles. The average molecular weight is 253 g/mol. The molecule has 0 radical (unpaired) electrons. The molecule has 0 saturated carbocycles. The molecule has 0 spiro atoms. The van der Waals surface area contributed by atoms with Crippen molar-refractivity contribution >= 4 is 11.3 Å². The molecule has 1 aliphatic rings. The third kappa shape index (κ3) is 3.30. The van der Waals surface area contributed by atoms with Gasteiger partial charge in [0.1, 0.15) is 0 Å². The molecule has 0 fully saturated rings. The van der Waals surface area contributed by atoms with Gasteiger partial charge in [0.05, 0.1) is 0 Å². The van der Waals surface area contributed by atoms with Crippen molar-refractivity contribution in [2.24, 2.45) is 0 Å². The van der Waals surface area contributed by atoms with Gasteiger partial charge in [-0.25, -0.2) is 0 Å². The molecule has 0 aromatic carbocycles. The lowest BCUT2D eigenvalue weighted by Crippen LogP contribution is -2.20. The standard InChI is InChI=1S/C14H23NOS/c1-3-15-12(7-5-9-16-2)14-10-11-6-4-8-13(11)17-14/h10,12,15H,3-9H2,1-2H3. The van der Waals surface area contributed by atoms with Gasteiger partial charge in [-0.05, 0) is 50.3 Å². The van der Waals surface area contributed by atoms with E-state index in [1.165, 1.54) is 30.6 Å². The van der Waals surface area contributed by atoms with Gasteiger partial charge >= 0.3 is 0 Å². The van der Waals surface area contributed by atoms with Crippen LogP contribution in [-0.4, -0.2) is 20.3 Å². The van der Waals surface area contributed by atoms with Crippen LogP contribution in [0.4, 0.5) is 0 Å². The average Bonchev–Trinajstić information content (AvgIpc) is 2.88. The smallest absolute Gasteiger partial charge is 0.0462 e. The molecule has 2 nitrogen and oxygen atoms in total. The second kappa shape index (κ2) is 6.53. The van der Waals surface area contributed by atoms with E-state index in [2.05, 4.69) is 18.3 Å². The Balaban J connectivity index is 1.98. The minimum absolute atomic E-state index is 0.533. The van der Waals surface area contributed by atoms with Crippen molar-refractivity contribution in [1.82, 2.24) is 5.32 Å². The highest BCUT2D eigenvalue weighted by Gasteiger charge is 2.19. The molecule has 1 aromatic rings. The summed E-state index contributed by atoms with van der Waals surface area (Å²) in [5, 5.41) is 3.60. The molecule has 2 rings (SSSR count). The summed E-state index contributed by atoms with van der Waals surface area (Å²) in [6, 6.07) is 2.97. The van der Waals surface area contributed by atoms with E-state index in [-0.39, 0.29) is 0 Å². The van der Waals surface area contributed by atoms with Crippen molar-refractivity contribution in [3.8, 4) is 0 Å². The molecule has 1 heterocycles. The Labute approximate surface area is 108 Å². The van der Waals surface area contributed by atoms with E-state index in [1.807, 2.05) is 11.3 Å². The largest absolute Gasteiger partial charge is 0.385 e.